The highest BCUT2D eigenvalue weighted by atomic mass is 19.1. The summed E-state index contributed by atoms with van der Waals surface area (Å²) in [6.45, 7) is 1.64. The standard InChI is InChI=1S/C9H12FNO/c1-9(12,6-11)7-3-2-4-8(10)5-7/h2-5,12H,6,11H2,1H3/t9-/m0/s1. The van der Waals surface area contributed by atoms with Crippen molar-refractivity contribution >= 4 is 0 Å². The Kier molecular flexibility index (Phi) is 2.45. The molecule has 66 valence electrons. The predicted molar refractivity (Wildman–Crippen MR) is 45.0 cm³/mol. The fourth-order valence-corrected chi connectivity index (χ4v) is 0.941. The lowest BCUT2D eigenvalue weighted by atomic mass is 9.96. The van der Waals surface area contributed by atoms with Crippen LogP contribution in [-0.2, 0) is 5.60 Å². The van der Waals surface area contributed by atoms with Crippen molar-refractivity contribution in [2.75, 3.05) is 6.54 Å². The summed E-state index contributed by atoms with van der Waals surface area (Å²) in [5.74, 6) is -0.360. The Morgan fingerprint density at radius 2 is 2.25 bits per heavy atom. The second-order valence-corrected chi connectivity index (χ2v) is 2.99. The van der Waals surface area contributed by atoms with E-state index in [-0.39, 0.29) is 12.4 Å². The number of aliphatic hydroxyl groups is 1. The zero-order valence-corrected chi connectivity index (χ0v) is 6.92. The van der Waals surface area contributed by atoms with Crippen molar-refractivity contribution < 1.29 is 9.50 Å². The first-order valence-electron chi connectivity index (χ1n) is 3.75. The van der Waals surface area contributed by atoms with E-state index in [1.807, 2.05) is 0 Å². The molecule has 0 saturated carbocycles. The minimum Gasteiger partial charge on any atom is -0.384 e. The third-order valence-electron chi connectivity index (χ3n) is 1.84. The minimum absolute atomic E-state index is 0.0798. The molecule has 0 heterocycles. The van der Waals surface area contributed by atoms with Crippen LogP contribution in [0.2, 0.25) is 0 Å². The molecule has 0 radical (unpaired) electrons. The highest BCUT2D eigenvalue weighted by molar-refractivity contribution is 5.22. The van der Waals surface area contributed by atoms with Crippen LogP contribution >= 0.6 is 0 Å². The molecule has 0 spiro atoms. The lowest BCUT2D eigenvalue weighted by molar-refractivity contribution is 0.0665. The Bertz CT molecular complexity index is 273. The molecule has 0 fully saturated rings. The summed E-state index contributed by atoms with van der Waals surface area (Å²) in [6, 6.07) is 5.81. The molecule has 0 saturated heterocycles. The van der Waals surface area contributed by atoms with Crippen LogP contribution < -0.4 is 5.73 Å². The average Bonchev–Trinajstić information content (AvgIpc) is 2.05. The van der Waals surface area contributed by atoms with E-state index in [4.69, 9.17) is 5.73 Å². The van der Waals surface area contributed by atoms with Gasteiger partial charge in [-0.3, -0.25) is 0 Å². The summed E-state index contributed by atoms with van der Waals surface area (Å²) in [6.07, 6.45) is 0. The SMILES string of the molecule is C[C@](O)(CN)c1cccc(F)c1. The quantitative estimate of drug-likeness (QED) is 0.693. The molecule has 1 atom stereocenters. The van der Waals surface area contributed by atoms with Gasteiger partial charge in [0, 0.05) is 6.54 Å². The second-order valence-electron chi connectivity index (χ2n) is 2.99. The van der Waals surface area contributed by atoms with Crippen molar-refractivity contribution in [3.63, 3.8) is 0 Å². The van der Waals surface area contributed by atoms with Gasteiger partial charge in [0.25, 0.3) is 0 Å². The molecule has 0 amide bonds. The van der Waals surface area contributed by atoms with Gasteiger partial charge in [0.2, 0.25) is 0 Å². The first-order valence-corrected chi connectivity index (χ1v) is 3.75. The van der Waals surface area contributed by atoms with Crippen LogP contribution in [-0.4, -0.2) is 11.7 Å². The minimum atomic E-state index is -1.14. The lowest BCUT2D eigenvalue weighted by Gasteiger charge is -2.21. The van der Waals surface area contributed by atoms with Gasteiger partial charge >= 0.3 is 0 Å². The molecule has 1 aromatic carbocycles. The van der Waals surface area contributed by atoms with Crippen LogP contribution in [0.25, 0.3) is 0 Å². The number of rotatable bonds is 2. The molecule has 0 aliphatic heterocycles. The van der Waals surface area contributed by atoms with Crippen LogP contribution in [0.15, 0.2) is 24.3 Å². The van der Waals surface area contributed by atoms with E-state index in [2.05, 4.69) is 0 Å². The molecule has 0 aliphatic carbocycles. The zero-order valence-electron chi connectivity index (χ0n) is 6.92. The summed E-state index contributed by atoms with van der Waals surface area (Å²) < 4.78 is 12.7. The Balaban J connectivity index is 3.03. The largest absolute Gasteiger partial charge is 0.384 e. The van der Waals surface area contributed by atoms with Gasteiger partial charge < -0.3 is 10.8 Å². The van der Waals surface area contributed by atoms with Gasteiger partial charge in [-0.2, -0.15) is 0 Å². The average molecular weight is 169 g/mol. The first kappa shape index (κ1) is 9.16. The van der Waals surface area contributed by atoms with Gasteiger partial charge in [0.1, 0.15) is 5.82 Å². The molecule has 3 heteroatoms. The molecular weight excluding hydrogens is 157 g/mol. The van der Waals surface area contributed by atoms with Crippen molar-refractivity contribution in [1.82, 2.24) is 0 Å². The summed E-state index contributed by atoms with van der Waals surface area (Å²) >= 11 is 0. The molecule has 0 aliphatic rings. The Hall–Kier alpha value is -0.930. The van der Waals surface area contributed by atoms with Gasteiger partial charge in [-0.25, -0.2) is 4.39 Å². The van der Waals surface area contributed by atoms with Crippen LogP contribution in [0.5, 0.6) is 0 Å². The third kappa shape index (κ3) is 1.81. The van der Waals surface area contributed by atoms with E-state index in [1.54, 1.807) is 19.1 Å². The van der Waals surface area contributed by atoms with Crippen molar-refractivity contribution in [2.24, 2.45) is 5.73 Å². The summed E-state index contributed by atoms with van der Waals surface area (Å²) in [7, 11) is 0. The van der Waals surface area contributed by atoms with Crippen molar-refractivity contribution in [3.05, 3.63) is 35.6 Å². The molecular formula is C9H12FNO. The van der Waals surface area contributed by atoms with Crippen LogP contribution in [0.4, 0.5) is 4.39 Å². The molecule has 0 bridgehead atoms. The van der Waals surface area contributed by atoms with E-state index < -0.39 is 5.60 Å². The van der Waals surface area contributed by atoms with Crippen molar-refractivity contribution in [1.29, 1.82) is 0 Å². The summed E-state index contributed by atoms with van der Waals surface area (Å²) in [5, 5.41) is 9.63. The summed E-state index contributed by atoms with van der Waals surface area (Å²) in [4.78, 5) is 0. The Labute approximate surface area is 70.8 Å². The van der Waals surface area contributed by atoms with E-state index in [0.29, 0.717) is 5.56 Å². The number of hydrogen-bond donors (Lipinski definition) is 2. The van der Waals surface area contributed by atoms with E-state index in [0.717, 1.165) is 0 Å². The molecule has 2 nitrogen and oxygen atoms in total. The molecule has 0 aromatic heterocycles. The highest BCUT2D eigenvalue weighted by Gasteiger charge is 2.20. The maximum absolute atomic E-state index is 12.7. The number of hydrogen-bond acceptors (Lipinski definition) is 2. The molecule has 3 N–H and O–H groups in total. The van der Waals surface area contributed by atoms with E-state index >= 15 is 0 Å². The highest BCUT2D eigenvalue weighted by Crippen LogP contribution is 2.19. The Morgan fingerprint density at radius 3 is 2.75 bits per heavy atom. The third-order valence-corrected chi connectivity index (χ3v) is 1.84. The van der Waals surface area contributed by atoms with Crippen LogP contribution in [0.1, 0.15) is 12.5 Å². The van der Waals surface area contributed by atoms with Gasteiger partial charge in [-0.1, -0.05) is 12.1 Å². The fraction of sp³-hybridized carbons (Fsp3) is 0.333. The smallest absolute Gasteiger partial charge is 0.123 e. The topological polar surface area (TPSA) is 46.2 Å². The normalized spacial score (nSPS) is 15.7. The van der Waals surface area contributed by atoms with Gasteiger partial charge in [-0.15, -0.1) is 0 Å². The van der Waals surface area contributed by atoms with Crippen molar-refractivity contribution in [3.8, 4) is 0 Å². The number of nitrogens with two attached hydrogens (primary N) is 1. The molecule has 12 heavy (non-hydrogen) atoms. The Morgan fingerprint density at radius 1 is 1.58 bits per heavy atom. The lowest BCUT2D eigenvalue weighted by Crippen LogP contribution is -2.31. The van der Waals surface area contributed by atoms with Crippen LogP contribution in [0, 0.1) is 5.82 Å². The maximum Gasteiger partial charge on any atom is 0.123 e. The van der Waals surface area contributed by atoms with Gasteiger partial charge in [0.05, 0.1) is 5.60 Å². The van der Waals surface area contributed by atoms with Crippen molar-refractivity contribution in [2.45, 2.75) is 12.5 Å². The van der Waals surface area contributed by atoms with E-state index in [9.17, 15) is 9.50 Å². The monoisotopic (exact) mass is 169 g/mol. The van der Waals surface area contributed by atoms with E-state index in [1.165, 1.54) is 12.1 Å². The first-order chi connectivity index (χ1) is 5.56. The number of benzene rings is 1. The molecule has 1 rings (SSSR count). The maximum atomic E-state index is 12.7. The second kappa shape index (κ2) is 3.21. The van der Waals surface area contributed by atoms with Crippen LogP contribution in [0.3, 0.4) is 0 Å². The molecule has 0 unspecified atom stereocenters. The fourth-order valence-electron chi connectivity index (χ4n) is 0.941. The summed E-state index contributed by atoms with van der Waals surface area (Å²) in [5.41, 5.74) is 4.68. The number of halogens is 1. The zero-order chi connectivity index (χ0) is 9.19. The van der Waals surface area contributed by atoms with Gasteiger partial charge in [-0.05, 0) is 24.6 Å². The molecule has 1 aromatic rings. The predicted octanol–water partition coefficient (Wildman–Crippen LogP) is 0.992. The van der Waals surface area contributed by atoms with Gasteiger partial charge in [0.15, 0.2) is 0 Å².